The maximum absolute atomic E-state index is 12.9. The van der Waals surface area contributed by atoms with Crippen molar-refractivity contribution in [1.82, 2.24) is 9.55 Å². The fourth-order valence-corrected chi connectivity index (χ4v) is 2.74. The van der Waals surface area contributed by atoms with E-state index in [1.165, 1.54) is 0 Å². The van der Waals surface area contributed by atoms with E-state index in [-0.39, 0.29) is 11.3 Å². The van der Waals surface area contributed by atoms with E-state index in [1.807, 2.05) is 18.2 Å². The Labute approximate surface area is 143 Å². The number of aromatic nitrogens is 2. The molecule has 0 aliphatic heterocycles. The van der Waals surface area contributed by atoms with Crippen LogP contribution in [-0.2, 0) is 6.54 Å². The number of rotatable bonds is 6. The summed E-state index contributed by atoms with van der Waals surface area (Å²) in [5, 5.41) is 13.8. The molecule has 0 bridgehead atoms. The molecule has 0 aliphatic carbocycles. The summed E-state index contributed by atoms with van der Waals surface area (Å²) < 4.78 is 1.62. The van der Waals surface area contributed by atoms with Gasteiger partial charge in [0.05, 0.1) is 10.9 Å². The Morgan fingerprint density at radius 1 is 1.16 bits per heavy atom. The van der Waals surface area contributed by atoms with Gasteiger partial charge in [0.2, 0.25) is 0 Å². The summed E-state index contributed by atoms with van der Waals surface area (Å²) in [6.45, 7) is 0.857. The van der Waals surface area contributed by atoms with Crippen LogP contribution in [0.4, 0.5) is 0 Å². The van der Waals surface area contributed by atoms with Crippen LogP contribution in [0.15, 0.2) is 58.4 Å². The number of benzene rings is 2. The van der Waals surface area contributed by atoms with Crippen molar-refractivity contribution in [3.05, 3.63) is 69.3 Å². The van der Waals surface area contributed by atoms with Crippen molar-refractivity contribution < 1.29 is 5.11 Å². The number of fused-ring (bicyclic) bond motifs is 1. The molecule has 1 aromatic heterocycles. The molecule has 0 amide bonds. The zero-order valence-electron chi connectivity index (χ0n) is 13.5. The van der Waals surface area contributed by atoms with E-state index in [0.29, 0.717) is 48.2 Å². The third-order valence-corrected chi connectivity index (χ3v) is 3.92. The summed E-state index contributed by atoms with van der Waals surface area (Å²) in [6, 6.07) is 13.9. The number of hydrogen-bond donors (Lipinski definition) is 1. The average Bonchev–Trinajstić information content (AvgIpc) is 2.63. The fraction of sp³-hybridized carbons (Fsp3) is 0.222. The Hall–Kier alpha value is -3.31. The number of phenols is 1. The molecule has 2 aromatic carbocycles. The van der Waals surface area contributed by atoms with Crippen LogP contribution in [-0.4, -0.2) is 21.2 Å². The number of hydrogen-bond acceptors (Lipinski definition) is 4. The zero-order valence-corrected chi connectivity index (χ0v) is 13.5. The van der Waals surface area contributed by atoms with Gasteiger partial charge in [-0.15, -0.1) is 0 Å². The van der Waals surface area contributed by atoms with Crippen molar-refractivity contribution in [2.75, 3.05) is 6.54 Å². The van der Waals surface area contributed by atoms with Gasteiger partial charge in [-0.1, -0.05) is 29.4 Å². The number of azide groups is 1. The molecule has 0 radical (unpaired) electrons. The lowest BCUT2D eigenvalue weighted by atomic mass is 10.1. The van der Waals surface area contributed by atoms with E-state index >= 15 is 0 Å². The maximum atomic E-state index is 12.9. The van der Waals surface area contributed by atoms with Crippen molar-refractivity contribution in [2.45, 2.75) is 19.4 Å². The highest BCUT2D eigenvalue weighted by Gasteiger charge is 2.12. The predicted octanol–water partition coefficient (Wildman–Crippen LogP) is 3.86. The van der Waals surface area contributed by atoms with Crippen LogP contribution in [0.5, 0.6) is 5.75 Å². The molecule has 0 spiro atoms. The molecule has 0 fully saturated rings. The Morgan fingerprint density at radius 3 is 2.80 bits per heavy atom. The summed E-state index contributed by atoms with van der Waals surface area (Å²) in [7, 11) is 0. The topological polar surface area (TPSA) is 104 Å². The van der Waals surface area contributed by atoms with Crippen molar-refractivity contribution >= 4 is 10.9 Å². The second kappa shape index (κ2) is 7.51. The minimum absolute atomic E-state index is 0.118. The lowest BCUT2D eigenvalue weighted by Gasteiger charge is -2.13. The summed E-state index contributed by atoms with van der Waals surface area (Å²) in [5.41, 5.74) is 9.52. The van der Waals surface area contributed by atoms with Crippen LogP contribution in [0, 0.1) is 0 Å². The predicted molar refractivity (Wildman–Crippen MR) is 96.4 cm³/mol. The van der Waals surface area contributed by atoms with E-state index in [0.717, 1.165) is 0 Å². The molecule has 0 atom stereocenters. The quantitative estimate of drug-likeness (QED) is 0.320. The van der Waals surface area contributed by atoms with Crippen molar-refractivity contribution in [2.24, 2.45) is 5.11 Å². The van der Waals surface area contributed by atoms with Gasteiger partial charge in [0.25, 0.3) is 5.56 Å². The molecular formula is C18H17N5O2. The molecule has 3 aromatic rings. The van der Waals surface area contributed by atoms with Gasteiger partial charge in [0, 0.05) is 23.6 Å². The Kier molecular flexibility index (Phi) is 4.97. The molecule has 7 heteroatoms. The second-order valence-electron chi connectivity index (χ2n) is 5.62. The second-order valence-corrected chi connectivity index (χ2v) is 5.62. The number of para-hydroxylation sites is 1. The van der Waals surface area contributed by atoms with E-state index in [2.05, 4.69) is 15.0 Å². The first-order valence-corrected chi connectivity index (χ1v) is 8.00. The van der Waals surface area contributed by atoms with Gasteiger partial charge in [-0.25, -0.2) is 4.98 Å². The zero-order chi connectivity index (χ0) is 17.6. The summed E-state index contributed by atoms with van der Waals surface area (Å²) in [6.07, 6.45) is 1.37. The first kappa shape index (κ1) is 16.5. The van der Waals surface area contributed by atoms with Gasteiger partial charge < -0.3 is 5.11 Å². The van der Waals surface area contributed by atoms with Gasteiger partial charge in [-0.2, -0.15) is 0 Å². The first-order chi connectivity index (χ1) is 12.2. The first-order valence-electron chi connectivity index (χ1n) is 8.00. The van der Waals surface area contributed by atoms with Gasteiger partial charge in [-0.3, -0.25) is 9.36 Å². The van der Waals surface area contributed by atoms with Gasteiger partial charge >= 0.3 is 0 Å². The van der Waals surface area contributed by atoms with Crippen LogP contribution in [0.25, 0.3) is 32.7 Å². The average molecular weight is 335 g/mol. The Morgan fingerprint density at radius 2 is 2.00 bits per heavy atom. The van der Waals surface area contributed by atoms with Gasteiger partial charge in [0.1, 0.15) is 11.6 Å². The van der Waals surface area contributed by atoms with Crippen LogP contribution in [0.2, 0.25) is 0 Å². The molecule has 1 heterocycles. The SMILES string of the molecule is [N-]=[N+]=NCCCCn1c(-c2cccc(O)c2)nc2ccccc2c1=O. The monoisotopic (exact) mass is 335 g/mol. The largest absolute Gasteiger partial charge is 0.508 e. The van der Waals surface area contributed by atoms with Gasteiger partial charge in [0.15, 0.2) is 0 Å². The molecule has 0 unspecified atom stereocenters. The molecule has 0 saturated carbocycles. The fourth-order valence-electron chi connectivity index (χ4n) is 2.74. The number of unbranched alkanes of at least 4 members (excludes halogenated alkanes) is 1. The summed E-state index contributed by atoms with van der Waals surface area (Å²) in [5.74, 6) is 0.637. The third-order valence-electron chi connectivity index (χ3n) is 3.92. The summed E-state index contributed by atoms with van der Waals surface area (Å²) >= 11 is 0. The Bertz CT molecular complexity index is 1010. The minimum Gasteiger partial charge on any atom is -0.508 e. The van der Waals surface area contributed by atoms with E-state index in [9.17, 15) is 9.90 Å². The van der Waals surface area contributed by atoms with Gasteiger partial charge in [-0.05, 0) is 42.6 Å². The van der Waals surface area contributed by atoms with Crippen LogP contribution in [0.3, 0.4) is 0 Å². The Balaban J connectivity index is 2.07. The molecule has 25 heavy (non-hydrogen) atoms. The van der Waals surface area contributed by atoms with Crippen LogP contribution < -0.4 is 5.56 Å². The highest BCUT2D eigenvalue weighted by atomic mass is 16.3. The van der Waals surface area contributed by atoms with Crippen LogP contribution >= 0.6 is 0 Å². The van der Waals surface area contributed by atoms with Crippen molar-refractivity contribution in [1.29, 1.82) is 0 Å². The minimum atomic E-state index is -0.118. The van der Waals surface area contributed by atoms with Crippen molar-refractivity contribution in [3.8, 4) is 17.1 Å². The molecule has 126 valence electrons. The highest BCUT2D eigenvalue weighted by molar-refractivity contribution is 5.79. The summed E-state index contributed by atoms with van der Waals surface area (Å²) in [4.78, 5) is 20.3. The van der Waals surface area contributed by atoms with E-state index < -0.39 is 0 Å². The third kappa shape index (κ3) is 3.62. The van der Waals surface area contributed by atoms with Crippen LogP contribution in [0.1, 0.15) is 12.8 Å². The number of nitrogens with zero attached hydrogens (tertiary/aromatic N) is 5. The number of aromatic hydroxyl groups is 1. The lowest BCUT2D eigenvalue weighted by molar-refractivity contribution is 0.475. The molecule has 7 nitrogen and oxygen atoms in total. The maximum Gasteiger partial charge on any atom is 0.261 e. The lowest BCUT2D eigenvalue weighted by Crippen LogP contribution is -2.23. The molecule has 0 aliphatic rings. The molecule has 3 rings (SSSR count). The van der Waals surface area contributed by atoms with E-state index in [1.54, 1.807) is 34.9 Å². The molecular weight excluding hydrogens is 318 g/mol. The molecule has 1 N–H and O–H groups in total. The standard InChI is InChI=1S/C18H17N5O2/c19-22-20-10-3-4-11-23-17(13-6-5-7-14(24)12-13)21-16-9-2-1-8-15(16)18(23)25/h1-2,5-9,12,24H,3-4,10-11H2. The normalized spacial score (nSPS) is 10.6. The highest BCUT2D eigenvalue weighted by Crippen LogP contribution is 2.22. The number of phenolic OH excluding ortho intramolecular Hbond substituents is 1. The molecule has 0 saturated heterocycles. The van der Waals surface area contributed by atoms with Crippen molar-refractivity contribution in [3.63, 3.8) is 0 Å². The smallest absolute Gasteiger partial charge is 0.261 e. The van der Waals surface area contributed by atoms with E-state index in [4.69, 9.17) is 5.53 Å².